The minimum absolute atomic E-state index is 0.0188. The molecule has 0 radical (unpaired) electrons. The fourth-order valence-corrected chi connectivity index (χ4v) is 1.71. The van der Waals surface area contributed by atoms with Gasteiger partial charge >= 0.3 is 0 Å². The van der Waals surface area contributed by atoms with Gasteiger partial charge in [0.25, 0.3) is 5.91 Å². The van der Waals surface area contributed by atoms with E-state index in [1.807, 2.05) is 0 Å². The number of carbonyl (C=O) groups excluding carboxylic acids is 1. The summed E-state index contributed by atoms with van der Waals surface area (Å²) in [5.41, 5.74) is 0.454. The van der Waals surface area contributed by atoms with E-state index in [0.29, 0.717) is 16.9 Å². The Balaban J connectivity index is 2.50. The predicted molar refractivity (Wildman–Crippen MR) is 73.1 cm³/mol. The SMILES string of the molecule is CCC(Br)CCNC(=O)c1ccc(O)c(Cl)c1. The molecule has 0 aliphatic carbocycles. The van der Waals surface area contributed by atoms with Crippen LogP contribution in [-0.2, 0) is 0 Å². The van der Waals surface area contributed by atoms with Crippen LogP contribution in [0.2, 0.25) is 5.02 Å². The monoisotopic (exact) mass is 319 g/mol. The highest BCUT2D eigenvalue weighted by atomic mass is 79.9. The number of aromatic hydroxyl groups is 1. The molecule has 1 amide bonds. The van der Waals surface area contributed by atoms with E-state index in [0.717, 1.165) is 12.8 Å². The lowest BCUT2D eigenvalue weighted by atomic mass is 10.2. The summed E-state index contributed by atoms with van der Waals surface area (Å²) in [6.45, 7) is 2.70. The molecule has 0 aliphatic heterocycles. The molecule has 0 fully saturated rings. The summed E-state index contributed by atoms with van der Waals surface area (Å²) >= 11 is 9.23. The molecule has 2 N–H and O–H groups in total. The van der Waals surface area contributed by atoms with Crippen LogP contribution in [0, 0.1) is 0 Å². The zero-order valence-electron chi connectivity index (χ0n) is 9.54. The standard InChI is InChI=1S/C12H15BrClNO2/c1-2-9(13)5-6-15-12(17)8-3-4-11(16)10(14)7-8/h3-4,7,9,16H,2,5-6H2,1H3,(H,15,17). The van der Waals surface area contributed by atoms with Crippen LogP contribution in [0.5, 0.6) is 5.75 Å². The van der Waals surface area contributed by atoms with Gasteiger partial charge in [0, 0.05) is 16.9 Å². The van der Waals surface area contributed by atoms with Crippen molar-refractivity contribution >= 4 is 33.4 Å². The van der Waals surface area contributed by atoms with Gasteiger partial charge in [-0.2, -0.15) is 0 Å². The molecule has 1 aromatic rings. The molecule has 0 aromatic heterocycles. The molecule has 0 bridgehead atoms. The fourth-order valence-electron chi connectivity index (χ4n) is 1.30. The zero-order chi connectivity index (χ0) is 12.8. The summed E-state index contributed by atoms with van der Waals surface area (Å²) in [5, 5.41) is 12.2. The van der Waals surface area contributed by atoms with Crippen LogP contribution in [-0.4, -0.2) is 22.4 Å². The van der Waals surface area contributed by atoms with Gasteiger partial charge in [-0.25, -0.2) is 0 Å². The van der Waals surface area contributed by atoms with Crippen molar-refractivity contribution < 1.29 is 9.90 Å². The summed E-state index contributed by atoms with van der Waals surface area (Å²) in [6.07, 6.45) is 1.91. The van der Waals surface area contributed by atoms with Gasteiger partial charge in [0.2, 0.25) is 0 Å². The first-order chi connectivity index (χ1) is 8.04. The summed E-state index contributed by atoms with van der Waals surface area (Å²) in [4.78, 5) is 12.1. The van der Waals surface area contributed by atoms with E-state index in [2.05, 4.69) is 28.2 Å². The van der Waals surface area contributed by atoms with E-state index in [-0.39, 0.29) is 16.7 Å². The molecule has 1 aromatic carbocycles. The van der Waals surface area contributed by atoms with E-state index >= 15 is 0 Å². The molecule has 1 rings (SSSR count). The first-order valence-electron chi connectivity index (χ1n) is 5.45. The normalized spacial score (nSPS) is 12.2. The molecule has 0 heterocycles. The minimum Gasteiger partial charge on any atom is -0.506 e. The smallest absolute Gasteiger partial charge is 0.251 e. The van der Waals surface area contributed by atoms with Crippen molar-refractivity contribution in [3.8, 4) is 5.75 Å². The molecule has 94 valence electrons. The molecule has 17 heavy (non-hydrogen) atoms. The van der Waals surface area contributed by atoms with Crippen LogP contribution < -0.4 is 5.32 Å². The number of phenols is 1. The lowest BCUT2D eigenvalue weighted by Gasteiger charge is -2.08. The Morgan fingerprint density at radius 3 is 2.88 bits per heavy atom. The number of alkyl halides is 1. The van der Waals surface area contributed by atoms with Gasteiger partial charge in [0.15, 0.2) is 0 Å². The maximum atomic E-state index is 11.7. The first-order valence-corrected chi connectivity index (χ1v) is 6.74. The largest absolute Gasteiger partial charge is 0.506 e. The van der Waals surface area contributed by atoms with Gasteiger partial charge in [-0.1, -0.05) is 34.5 Å². The van der Waals surface area contributed by atoms with E-state index < -0.39 is 0 Å². The first kappa shape index (κ1) is 14.3. The van der Waals surface area contributed by atoms with Gasteiger partial charge in [-0.05, 0) is 31.0 Å². The number of hydrogen-bond donors (Lipinski definition) is 2. The van der Waals surface area contributed by atoms with Crippen molar-refractivity contribution in [2.45, 2.75) is 24.6 Å². The number of phenolic OH excluding ortho intramolecular Hbond substituents is 1. The van der Waals surface area contributed by atoms with Crippen LogP contribution in [0.1, 0.15) is 30.1 Å². The average molecular weight is 321 g/mol. The summed E-state index contributed by atoms with van der Waals surface area (Å²) in [5.74, 6) is -0.197. The number of benzene rings is 1. The third-order valence-corrected chi connectivity index (χ3v) is 3.80. The Morgan fingerprint density at radius 1 is 1.59 bits per heavy atom. The number of nitrogens with one attached hydrogen (secondary N) is 1. The average Bonchev–Trinajstić information content (AvgIpc) is 2.32. The Labute approximate surface area is 114 Å². The molecular formula is C12H15BrClNO2. The highest BCUT2D eigenvalue weighted by Crippen LogP contribution is 2.23. The Bertz CT molecular complexity index is 398. The summed E-state index contributed by atoms with van der Waals surface area (Å²) < 4.78 is 0. The Kier molecular flexibility index (Phi) is 5.78. The molecule has 5 heteroatoms. The number of halogens is 2. The summed E-state index contributed by atoms with van der Waals surface area (Å²) in [6, 6.07) is 4.41. The molecule has 0 aliphatic rings. The number of carbonyl (C=O) groups is 1. The van der Waals surface area contributed by atoms with Crippen LogP contribution >= 0.6 is 27.5 Å². The van der Waals surface area contributed by atoms with Crippen molar-refractivity contribution in [2.75, 3.05) is 6.54 Å². The van der Waals surface area contributed by atoms with Crippen molar-refractivity contribution in [3.05, 3.63) is 28.8 Å². The maximum absolute atomic E-state index is 11.7. The summed E-state index contributed by atoms with van der Waals surface area (Å²) in [7, 11) is 0. The Morgan fingerprint density at radius 2 is 2.29 bits per heavy atom. The van der Waals surface area contributed by atoms with E-state index in [1.54, 1.807) is 6.07 Å². The van der Waals surface area contributed by atoms with E-state index in [1.165, 1.54) is 12.1 Å². The van der Waals surface area contributed by atoms with Crippen LogP contribution in [0.15, 0.2) is 18.2 Å². The van der Waals surface area contributed by atoms with Crippen LogP contribution in [0.25, 0.3) is 0 Å². The van der Waals surface area contributed by atoms with E-state index in [4.69, 9.17) is 11.6 Å². The molecule has 0 saturated heterocycles. The number of amides is 1. The lowest BCUT2D eigenvalue weighted by Crippen LogP contribution is -2.25. The van der Waals surface area contributed by atoms with Gasteiger partial charge in [0.05, 0.1) is 5.02 Å². The second-order valence-corrected chi connectivity index (χ2v) is 5.42. The Hall–Kier alpha value is -0.740. The third kappa shape index (κ3) is 4.56. The molecule has 3 nitrogen and oxygen atoms in total. The second kappa shape index (κ2) is 6.87. The highest BCUT2D eigenvalue weighted by molar-refractivity contribution is 9.09. The van der Waals surface area contributed by atoms with Gasteiger partial charge in [0.1, 0.15) is 5.75 Å². The fraction of sp³-hybridized carbons (Fsp3) is 0.417. The molecule has 1 atom stereocenters. The van der Waals surface area contributed by atoms with Crippen LogP contribution in [0.4, 0.5) is 0 Å². The highest BCUT2D eigenvalue weighted by Gasteiger charge is 2.08. The lowest BCUT2D eigenvalue weighted by molar-refractivity contribution is 0.0953. The van der Waals surface area contributed by atoms with E-state index in [9.17, 15) is 9.90 Å². The third-order valence-electron chi connectivity index (χ3n) is 2.40. The minimum atomic E-state index is -0.178. The van der Waals surface area contributed by atoms with Crippen molar-refractivity contribution in [1.82, 2.24) is 5.32 Å². The van der Waals surface area contributed by atoms with Crippen molar-refractivity contribution in [1.29, 1.82) is 0 Å². The quantitative estimate of drug-likeness (QED) is 0.818. The number of rotatable bonds is 5. The van der Waals surface area contributed by atoms with Crippen molar-refractivity contribution in [3.63, 3.8) is 0 Å². The predicted octanol–water partition coefficient (Wildman–Crippen LogP) is 3.34. The second-order valence-electron chi connectivity index (χ2n) is 3.72. The molecule has 0 spiro atoms. The van der Waals surface area contributed by atoms with Gasteiger partial charge in [-0.3, -0.25) is 4.79 Å². The van der Waals surface area contributed by atoms with Crippen LogP contribution in [0.3, 0.4) is 0 Å². The molecule has 0 saturated carbocycles. The zero-order valence-corrected chi connectivity index (χ0v) is 11.9. The number of hydrogen-bond acceptors (Lipinski definition) is 2. The molecule has 1 unspecified atom stereocenters. The maximum Gasteiger partial charge on any atom is 0.251 e. The van der Waals surface area contributed by atoms with Gasteiger partial charge < -0.3 is 10.4 Å². The molecular weight excluding hydrogens is 305 g/mol. The van der Waals surface area contributed by atoms with Gasteiger partial charge in [-0.15, -0.1) is 0 Å². The topological polar surface area (TPSA) is 49.3 Å². The van der Waals surface area contributed by atoms with Crippen molar-refractivity contribution in [2.24, 2.45) is 0 Å².